The summed E-state index contributed by atoms with van der Waals surface area (Å²) in [6.07, 6.45) is 0. The topological polar surface area (TPSA) is 21.3 Å². The Morgan fingerprint density at radius 3 is 2.17 bits per heavy atom. The van der Waals surface area contributed by atoms with Crippen molar-refractivity contribution in [3.8, 4) is 5.75 Å². The van der Waals surface area contributed by atoms with E-state index in [9.17, 15) is 0 Å². The minimum atomic E-state index is 0.333. The van der Waals surface area contributed by atoms with Gasteiger partial charge in [0.15, 0.2) is 0 Å². The third-order valence-corrected chi connectivity index (χ3v) is 4.13. The Bertz CT molecular complexity index is 398. The average Bonchev–Trinajstić information content (AvgIpc) is 2.34. The molecule has 0 saturated heterocycles. The number of rotatable bonds is 5. The van der Waals surface area contributed by atoms with Crippen molar-refractivity contribution in [2.24, 2.45) is 11.8 Å². The summed E-state index contributed by atoms with van der Waals surface area (Å²) in [7, 11) is 3.79. The van der Waals surface area contributed by atoms with Crippen molar-refractivity contribution in [1.82, 2.24) is 5.32 Å². The van der Waals surface area contributed by atoms with Gasteiger partial charge < -0.3 is 10.1 Å². The van der Waals surface area contributed by atoms with Gasteiger partial charge >= 0.3 is 0 Å². The summed E-state index contributed by atoms with van der Waals surface area (Å²) in [5.41, 5.74) is 3.79. The maximum absolute atomic E-state index is 5.63. The first-order valence-corrected chi connectivity index (χ1v) is 6.75. The Kier molecular flexibility index (Phi) is 5.21. The second-order valence-corrected chi connectivity index (χ2v) is 5.50. The largest absolute Gasteiger partial charge is 0.496 e. The van der Waals surface area contributed by atoms with E-state index in [2.05, 4.69) is 52.1 Å². The summed E-state index contributed by atoms with van der Waals surface area (Å²) >= 11 is 0. The molecule has 1 rings (SSSR count). The fourth-order valence-corrected chi connectivity index (χ4v) is 2.41. The molecule has 0 radical (unpaired) electrons. The molecule has 0 aliphatic rings. The number of methoxy groups -OCH3 is 1. The molecule has 0 fully saturated rings. The lowest BCUT2D eigenvalue weighted by atomic mass is 9.84. The van der Waals surface area contributed by atoms with Gasteiger partial charge in [0.05, 0.1) is 7.11 Å². The summed E-state index contributed by atoms with van der Waals surface area (Å²) in [5.74, 6) is 2.22. The Morgan fingerprint density at radius 2 is 1.72 bits per heavy atom. The van der Waals surface area contributed by atoms with Crippen molar-refractivity contribution in [2.45, 2.75) is 40.7 Å². The van der Waals surface area contributed by atoms with E-state index in [1.165, 1.54) is 16.7 Å². The van der Waals surface area contributed by atoms with Gasteiger partial charge in [-0.3, -0.25) is 0 Å². The number of ether oxygens (including phenoxy) is 1. The standard InChI is InChI=1S/C16H27NO/c1-10(2)12(4)15(17-6)14-9-8-11(3)13(5)16(14)18-7/h8-10,12,15,17H,1-7H3. The molecule has 2 unspecified atom stereocenters. The molecule has 2 atom stereocenters. The van der Waals surface area contributed by atoms with E-state index in [1.54, 1.807) is 7.11 Å². The van der Waals surface area contributed by atoms with Crippen LogP contribution >= 0.6 is 0 Å². The van der Waals surface area contributed by atoms with Crippen LogP contribution in [-0.4, -0.2) is 14.2 Å². The fourth-order valence-electron chi connectivity index (χ4n) is 2.41. The highest BCUT2D eigenvalue weighted by atomic mass is 16.5. The van der Waals surface area contributed by atoms with E-state index in [1.807, 2.05) is 7.05 Å². The predicted molar refractivity (Wildman–Crippen MR) is 78.3 cm³/mol. The lowest BCUT2D eigenvalue weighted by Crippen LogP contribution is -2.27. The van der Waals surface area contributed by atoms with E-state index < -0.39 is 0 Å². The molecule has 18 heavy (non-hydrogen) atoms. The number of nitrogens with one attached hydrogen (secondary N) is 1. The SMILES string of the molecule is CNC(c1ccc(C)c(C)c1OC)C(C)C(C)C. The molecular weight excluding hydrogens is 222 g/mol. The zero-order valence-electron chi connectivity index (χ0n) is 12.8. The molecule has 2 heteroatoms. The number of hydrogen-bond acceptors (Lipinski definition) is 2. The molecule has 0 aromatic heterocycles. The van der Waals surface area contributed by atoms with Gasteiger partial charge in [0.25, 0.3) is 0 Å². The van der Waals surface area contributed by atoms with Gasteiger partial charge in [0, 0.05) is 11.6 Å². The van der Waals surface area contributed by atoms with Crippen molar-refractivity contribution in [3.63, 3.8) is 0 Å². The minimum absolute atomic E-state index is 0.333. The molecule has 102 valence electrons. The number of benzene rings is 1. The lowest BCUT2D eigenvalue weighted by Gasteiger charge is -2.29. The van der Waals surface area contributed by atoms with Crippen molar-refractivity contribution in [1.29, 1.82) is 0 Å². The third kappa shape index (κ3) is 2.86. The van der Waals surface area contributed by atoms with Gasteiger partial charge in [-0.2, -0.15) is 0 Å². The Morgan fingerprint density at radius 1 is 1.11 bits per heavy atom. The molecule has 0 bridgehead atoms. The summed E-state index contributed by atoms with van der Waals surface area (Å²) in [4.78, 5) is 0. The zero-order valence-corrected chi connectivity index (χ0v) is 12.8. The van der Waals surface area contributed by atoms with Crippen molar-refractivity contribution in [3.05, 3.63) is 28.8 Å². The molecular formula is C16H27NO. The predicted octanol–water partition coefficient (Wildman–Crippen LogP) is 3.86. The lowest BCUT2D eigenvalue weighted by molar-refractivity contribution is 0.306. The highest BCUT2D eigenvalue weighted by molar-refractivity contribution is 5.47. The first-order valence-electron chi connectivity index (χ1n) is 6.75. The Balaban J connectivity index is 3.25. The van der Waals surface area contributed by atoms with Crippen LogP contribution in [0, 0.1) is 25.7 Å². The molecule has 0 aliphatic heterocycles. The monoisotopic (exact) mass is 249 g/mol. The van der Waals surface area contributed by atoms with E-state index in [-0.39, 0.29) is 0 Å². The third-order valence-electron chi connectivity index (χ3n) is 4.13. The van der Waals surface area contributed by atoms with Gasteiger partial charge in [0.1, 0.15) is 5.75 Å². The second-order valence-electron chi connectivity index (χ2n) is 5.50. The molecule has 1 aromatic rings. The number of hydrogen-bond donors (Lipinski definition) is 1. The van der Waals surface area contributed by atoms with Gasteiger partial charge in [-0.25, -0.2) is 0 Å². The Labute approximate surface area is 112 Å². The van der Waals surface area contributed by atoms with E-state index in [4.69, 9.17) is 4.74 Å². The van der Waals surface area contributed by atoms with E-state index >= 15 is 0 Å². The first-order chi connectivity index (χ1) is 8.43. The molecule has 2 nitrogen and oxygen atoms in total. The van der Waals surface area contributed by atoms with Gasteiger partial charge in [-0.15, -0.1) is 0 Å². The van der Waals surface area contributed by atoms with Crippen LogP contribution in [0.5, 0.6) is 5.75 Å². The van der Waals surface area contributed by atoms with Crippen LogP contribution in [0.25, 0.3) is 0 Å². The normalized spacial score (nSPS) is 14.7. The number of aryl methyl sites for hydroxylation is 1. The van der Waals surface area contributed by atoms with Crippen LogP contribution in [0.2, 0.25) is 0 Å². The van der Waals surface area contributed by atoms with E-state index in [0.717, 1.165) is 5.75 Å². The van der Waals surface area contributed by atoms with Crippen LogP contribution in [0.3, 0.4) is 0 Å². The molecule has 1 N–H and O–H groups in total. The highest BCUT2D eigenvalue weighted by Gasteiger charge is 2.24. The van der Waals surface area contributed by atoms with E-state index in [0.29, 0.717) is 17.9 Å². The van der Waals surface area contributed by atoms with Gasteiger partial charge in [-0.1, -0.05) is 32.9 Å². The maximum atomic E-state index is 5.63. The van der Waals surface area contributed by atoms with Crippen LogP contribution in [0.4, 0.5) is 0 Å². The van der Waals surface area contributed by atoms with Gasteiger partial charge in [-0.05, 0) is 43.9 Å². The fraction of sp³-hybridized carbons (Fsp3) is 0.625. The van der Waals surface area contributed by atoms with Crippen LogP contribution in [0.1, 0.15) is 43.5 Å². The molecule has 0 saturated carbocycles. The van der Waals surface area contributed by atoms with Crippen LogP contribution < -0.4 is 10.1 Å². The molecule has 0 spiro atoms. The van der Waals surface area contributed by atoms with Crippen LogP contribution in [-0.2, 0) is 0 Å². The summed E-state index contributed by atoms with van der Waals surface area (Å²) < 4.78 is 5.63. The quantitative estimate of drug-likeness (QED) is 0.855. The van der Waals surface area contributed by atoms with Crippen molar-refractivity contribution >= 4 is 0 Å². The molecule has 0 heterocycles. The summed E-state index contributed by atoms with van der Waals surface area (Å²) in [5, 5.41) is 3.44. The Hall–Kier alpha value is -1.02. The molecule has 0 aliphatic carbocycles. The van der Waals surface area contributed by atoms with Crippen LogP contribution in [0.15, 0.2) is 12.1 Å². The first kappa shape index (κ1) is 15.0. The van der Waals surface area contributed by atoms with Crippen molar-refractivity contribution < 1.29 is 4.74 Å². The molecule has 1 aromatic carbocycles. The van der Waals surface area contributed by atoms with Crippen molar-refractivity contribution in [2.75, 3.05) is 14.2 Å². The average molecular weight is 249 g/mol. The zero-order chi connectivity index (χ0) is 13.9. The summed E-state index contributed by atoms with van der Waals surface area (Å²) in [6, 6.07) is 4.71. The molecule has 0 amide bonds. The summed E-state index contributed by atoms with van der Waals surface area (Å²) in [6.45, 7) is 11.1. The highest BCUT2D eigenvalue weighted by Crippen LogP contribution is 2.36. The van der Waals surface area contributed by atoms with Gasteiger partial charge in [0.2, 0.25) is 0 Å². The minimum Gasteiger partial charge on any atom is -0.496 e. The smallest absolute Gasteiger partial charge is 0.126 e. The maximum Gasteiger partial charge on any atom is 0.126 e. The second kappa shape index (κ2) is 6.24.